The maximum atomic E-state index is 13.0. The minimum Gasteiger partial charge on any atom is -0.507 e. The van der Waals surface area contributed by atoms with Gasteiger partial charge in [-0.3, -0.25) is 14.5 Å². The molecule has 3 aromatic rings. The number of carbonyl (C=O) groups excluding carboxylic acids is 2. The highest BCUT2D eigenvalue weighted by Crippen LogP contribution is 2.43. The molecular formula is C23H18ClNO6. The Morgan fingerprint density at radius 2 is 1.87 bits per heavy atom. The van der Waals surface area contributed by atoms with E-state index in [4.69, 9.17) is 25.5 Å². The summed E-state index contributed by atoms with van der Waals surface area (Å²) < 4.78 is 16.0. The molecule has 2 heterocycles. The molecule has 1 saturated heterocycles. The fourth-order valence-electron chi connectivity index (χ4n) is 3.54. The van der Waals surface area contributed by atoms with Crippen molar-refractivity contribution in [3.05, 3.63) is 82.8 Å². The van der Waals surface area contributed by atoms with Crippen molar-refractivity contribution in [2.75, 3.05) is 19.1 Å². The van der Waals surface area contributed by atoms with E-state index in [9.17, 15) is 14.7 Å². The van der Waals surface area contributed by atoms with E-state index in [0.29, 0.717) is 28.0 Å². The number of methoxy groups -OCH3 is 2. The number of furan rings is 1. The Morgan fingerprint density at radius 1 is 1.06 bits per heavy atom. The number of halogens is 1. The third kappa shape index (κ3) is 3.53. The van der Waals surface area contributed by atoms with Crippen LogP contribution in [0.4, 0.5) is 5.69 Å². The van der Waals surface area contributed by atoms with Crippen LogP contribution in [0.5, 0.6) is 11.5 Å². The van der Waals surface area contributed by atoms with Crippen molar-refractivity contribution >= 4 is 34.7 Å². The highest BCUT2D eigenvalue weighted by molar-refractivity contribution is 6.51. The summed E-state index contributed by atoms with van der Waals surface area (Å²) in [6.07, 6.45) is 1.44. The van der Waals surface area contributed by atoms with Crippen LogP contribution >= 0.6 is 11.6 Å². The first kappa shape index (κ1) is 20.6. The maximum Gasteiger partial charge on any atom is 0.300 e. The summed E-state index contributed by atoms with van der Waals surface area (Å²) in [6, 6.07) is 13.6. The van der Waals surface area contributed by atoms with Crippen molar-refractivity contribution in [2.24, 2.45) is 0 Å². The number of hydrogen-bond donors (Lipinski definition) is 1. The monoisotopic (exact) mass is 439 g/mol. The van der Waals surface area contributed by atoms with Crippen molar-refractivity contribution in [1.82, 2.24) is 0 Å². The Hall–Kier alpha value is -3.71. The molecule has 1 unspecified atom stereocenters. The van der Waals surface area contributed by atoms with Crippen LogP contribution in [0.25, 0.3) is 5.76 Å². The van der Waals surface area contributed by atoms with Crippen molar-refractivity contribution < 1.29 is 28.6 Å². The number of benzene rings is 2. The van der Waals surface area contributed by atoms with E-state index in [-0.39, 0.29) is 16.9 Å². The van der Waals surface area contributed by atoms with Crippen LogP contribution in [0, 0.1) is 0 Å². The van der Waals surface area contributed by atoms with Crippen molar-refractivity contribution in [3.63, 3.8) is 0 Å². The van der Waals surface area contributed by atoms with E-state index in [0.717, 1.165) is 0 Å². The van der Waals surface area contributed by atoms with Gasteiger partial charge in [0, 0.05) is 17.3 Å². The lowest BCUT2D eigenvalue weighted by atomic mass is 9.99. The number of aliphatic hydroxyl groups is 1. The van der Waals surface area contributed by atoms with Crippen molar-refractivity contribution in [1.29, 1.82) is 0 Å². The molecule has 4 rings (SSSR count). The second-order valence-electron chi connectivity index (χ2n) is 6.74. The SMILES string of the molecule is COc1cccc(N2C(=O)C(=O)/C(=C(\O)c3ccc(Cl)c(OC)c3)C2c2ccco2)c1. The Bertz CT molecular complexity index is 1180. The second kappa shape index (κ2) is 8.20. The van der Waals surface area contributed by atoms with Crippen molar-refractivity contribution in [3.8, 4) is 11.5 Å². The van der Waals surface area contributed by atoms with E-state index in [1.165, 1.54) is 37.5 Å². The molecule has 0 bridgehead atoms. The molecule has 1 aromatic heterocycles. The van der Waals surface area contributed by atoms with Crippen LogP contribution in [0.3, 0.4) is 0 Å². The number of ether oxygens (including phenoxy) is 2. The standard InChI is InChI=1S/C23H18ClNO6/c1-29-15-6-3-5-14(12-15)25-20(17-7-4-10-31-17)19(22(27)23(25)28)21(26)13-8-9-16(24)18(11-13)30-2/h3-12,20,26H,1-2H3/b21-19-. The minimum atomic E-state index is -0.969. The third-order valence-corrected chi connectivity index (χ3v) is 5.33. The van der Waals surface area contributed by atoms with Gasteiger partial charge in [-0.15, -0.1) is 0 Å². The minimum absolute atomic E-state index is 0.104. The van der Waals surface area contributed by atoms with Gasteiger partial charge in [0.25, 0.3) is 11.7 Å². The third-order valence-electron chi connectivity index (χ3n) is 5.01. The molecule has 158 valence electrons. The van der Waals surface area contributed by atoms with Gasteiger partial charge in [0.1, 0.15) is 29.1 Å². The summed E-state index contributed by atoms with van der Waals surface area (Å²) in [6.45, 7) is 0. The zero-order valence-electron chi connectivity index (χ0n) is 16.7. The summed E-state index contributed by atoms with van der Waals surface area (Å²) in [4.78, 5) is 27.4. The zero-order chi connectivity index (χ0) is 22.1. The summed E-state index contributed by atoms with van der Waals surface area (Å²) in [7, 11) is 2.95. The molecule has 1 N–H and O–H groups in total. The molecule has 0 radical (unpaired) electrons. The van der Waals surface area contributed by atoms with Crippen LogP contribution in [0.15, 0.2) is 70.9 Å². The normalized spacial score (nSPS) is 17.8. The predicted molar refractivity (Wildman–Crippen MR) is 114 cm³/mol. The average Bonchev–Trinajstić information content (AvgIpc) is 3.40. The molecule has 1 aliphatic heterocycles. The first-order valence-electron chi connectivity index (χ1n) is 9.28. The molecule has 1 atom stereocenters. The van der Waals surface area contributed by atoms with E-state index >= 15 is 0 Å². The van der Waals surface area contributed by atoms with Gasteiger partial charge < -0.3 is 19.0 Å². The highest BCUT2D eigenvalue weighted by atomic mass is 35.5. The van der Waals surface area contributed by atoms with Crippen LogP contribution in [0.2, 0.25) is 5.02 Å². The lowest BCUT2D eigenvalue weighted by Crippen LogP contribution is -2.29. The summed E-state index contributed by atoms with van der Waals surface area (Å²) in [5.74, 6) is -0.834. The van der Waals surface area contributed by atoms with Gasteiger partial charge in [-0.05, 0) is 42.5 Å². The van der Waals surface area contributed by atoms with Gasteiger partial charge in [-0.2, -0.15) is 0 Å². The Kier molecular flexibility index (Phi) is 5.44. The highest BCUT2D eigenvalue weighted by Gasteiger charge is 2.48. The lowest BCUT2D eigenvalue weighted by Gasteiger charge is -2.23. The van der Waals surface area contributed by atoms with Gasteiger partial charge in [-0.25, -0.2) is 0 Å². The summed E-state index contributed by atoms with van der Waals surface area (Å²) >= 11 is 6.08. The van der Waals surface area contributed by atoms with E-state index in [1.807, 2.05) is 0 Å². The fourth-order valence-corrected chi connectivity index (χ4v) is 3.73. The molecule has 0 saturated carbocycles. The molecule has 1 fully saturated rings. The summed E-state index contributed by atoms with van der Waals surface area (Å²) in [5.41, 5.74) is 0.601. The Labute approximate surface area is 183 Å². The maximum absolute atomic E-state index is 13.0. The van der Waals surface area contributed by atoms with Gasteiger partial charge in [-0.1, -0.05) is 17.7 Å². The molecule has 1 amide bonds. The second-order valence-corrected chi connectivity index (χ2v) is 7.14. The fraction of sp³-hybridized carbons (Fsp3) is 0.130. The number of aliphatic hydroxyl groups excluding tert-OH is 1. The van der Waals surface area contributed by atoms with Gasteiger partial charge in [0.05, 0.1) is 31.1 Å². The molecule has 0 aliphatic carbocycles. The van der Waals surface area contributed by atoms with E-state index < -0.39 is 17.7 Å². The van der Waals surface area contributed by atoms with Crippen LogP contribution in [-0.2, 0) is 9.59 Å². The van der Waals surface area contributed by atoms with Gasteiger partial charge >= 0.3 is 0 Å². The van der Waals surface area contributed by atoms with Crippen LogP contribution in [0.1, 0.15) is 17.4 Å². The Morgan fingerprint density at radius 3 is 2.55 bits per heavy atom. The van der Waals surface area contributed by atoms with Gasteiger partial charge in [0.2, 0.25) is 0 Å². The largest absolute Gasteiger partial charge is 0.507 e. The molecule has 1 aliphatic rings. The first-order valence-corrected chi connectivity index (χ1v) is 9.66. The molecule has 0 spiro atoms. The molecular weight excluding hydrogens is 422 g/mol. The van der Waals surface area contributed by atoms with Crippen LogP contribution < -0.4 is 14.4 Å². The number of nitrogens with zero attached hydrogens (tertiary/aromatic N) is 1. The number of hydrogen-bond acceptors (Lipinski definition) is 6. The summed E-state index contributed by atoms with van der Waals surface area (Å²) in [5, 5.41) is 11.4. The number of Topliss-reactive ketones (excluding diaryl/α,β-unsaturated/α-hetero) is 1. The van der Waals surface area contributed by atoms with E-state index in [2.05, 4.69) is 0 Å². The van der Waals surface area contributed by atoms with E-state index in [1.54, 1.807) is 42.5 Å². The number of ketones is 1. The molecule has 7 nitrogen and oxygen atoms in total. The predicted octanol–water partition coefficient (Wildman–Crippen LogP) is 4.58. The quantitative estimate of drug-likeness (QED) is 0.355. The lowest BCUT2D eigenvalue weighted by molar-refractivity contribution is -0.132. The number of anilines is 1. The topological polar surface area (TPSA) is 89.2 Å². The van der Waals surface area contributed by atoms with Crippen LogP contribution in [-0.4, -0.2) is 31.0 Å². The Balaban J connectivity index is 1.92. The number of carbonyl (C=O) groups is 2. The van der Waals surface area contributed by atoms with Gasteiger partial charge in [0.15, 0.2) is 0 Å². The first-order chi connectivity index (χ1) is 15.0. The molecule has 8 heteroatoms. The number of rotatable bonds is 5. The molecule has 31 heavy (non-hydrogen) atoms. The average molecular weight is 440 g/mol. The molecule has 2 aromatic carbocycles. The zero-order valence-corrected chi connectivity index (χ0v) is 17.4. The smallest absolute Gasteiger partial charge is 0.300 e. The van der Waals surface area contributed by atoms with Crippen molar-refractivity contribution in [2.45, 2.75) is 6.04 Å². The number of amides is 1.